The van der Waals surface area contributed by atoms with Crippen LogP contribution in [0.1, 0.15) is 29.5 Å². The van der Waals surface area contributed by atoms with Gasteiger partial charge in [0, 0.05) is 5.39 Å². The highest BCUT2D eigenvalue weighted by Gasteiger charge is 2.26. The van der Waals surface area contributed by atoms with Crippen molar-refractivity contribution in [2.45, 2.75) is 18.9 Å². The molecule has 2 aromatic carbocycles. The fourth-order valence-electron chi connectivity index (χ4n) is 2.54. The molecule has 1 atom stereocenters. The molecule has 6 heteroatoms. The number of hydrogen-bond donors (Lipinski definition) is 3. The number of fused-ring (bicyclic) bond motifs is 1. The van der Waals surface area contributed by atoms with Gasteiger partial charge in [-0.05, 0) is 24.6 Å². The molecule has 3 aromatic rings. The SMILES string of the molecule is CC(O)(CC(=O)NNC(=O)c1cc2ccccc2o1)c1ccccc1. The van der Waals surface area contributed by atoms with E-state index in [1.807, 2.05) is 18.2 Å². The lowest BCUT2D eigenvalue weighted by Gasteiger charge is -2.23. The number of hydrogen-bond acceptors (Lipinski definition) is 4. The fraction of sp³-hybridized carbons (Fsp3) is 0.158. The molecule has 0 spiro atoms. The molecule has 3 rings (SSSR count). The number of carbonyl (C=O) groups is 2. The number of nitrogens with one attached hydrogen (secondary N) is 2. The van der Waals surface area contributed by atoms with Crippen molar-refractivity contribution in [1.29, 1.82) is 0 Å². The monoisotopic (exact) mass is 338 g/mol. The van der Waals surface area contributed by atoms with Crippen molar-refractivity contribution >= 4 is 22.8 Å². The van der Waals surface area contributed by atoms with Gasteiger partial charge in [-0.15, -0.1) is 0 Å². The van der Waals surface area contributed by atoms with Crippen molar-refractivity contribution in [1.82, 2.24) is 10.9 Å². The van der Waals surface area contributed by atoms with Crippen LogP contribution in [0.2, 0.25) is 0 Å². The summed E-state index contributed by atoms with van der Waals surface area (Å²) < 4.78 is 5.42. The molecule has 3 N–H and O–H groups in total. The second-order valence-corrected chi connectivity index (χ2v) is 5.97. The van der Waals surface area contributed by atoms with Crippen molar-refractivity contribution in [2.24, 2.45) is 0 Å². The van der Waals surface area contributed by atoms with Gasteiger partial charge in [-0.1, -0.05) is 48.5 Å². The lowest BCUT2D eigenvalue weighted by atomic mass is 9.92. The summed E-state index contributed by atoms with van der Waals surface area (Å²) in [4.78, 5) is 24.1. The summed E-state index contributed by atoms with van der Waals surface area (Å²) in [6.45, 7) is 1.54. The highest BCUT2D eigenvalue weighted by atomic mass is 16.3. The van der Waals surface area contributed by atoms with Crippen LogP contribution in [0.4, 0.5) is 0 Å². The molecule has 2 amide bonds. The van der Waals surface area contributed by atoms with E-state index in [4.69, 9.17) is 4.42 Å². The van der Waals surface area contributed by atoms with E-state index in [9.17, 15) is 14.7 Å². The number of para-hydroxylation sites is 1. The third-order valence-electron chi connectivity index (χ3n) is 3.87. The molecule has 128 valence electrons. The lowest BCUT2D eigenvalue weighted by Crippen LogP contribution is -2.44. The first kappa shape index (κ1) is 16.7. The maximum absolute atomic E-state index is 12.1. The van der Waals surface area contributed by atoms with Crippen LogP contribution in [0, 0.1) is 0 Å². The number of hydrazine groups is 1. The Labute approximate surface area is 144 Å². The predicted molar refractivity (Wildman–Crippen MR) is 92.5 cm³/mol. The van der Waals surface area contributed by atoms with E-state index in [2.05, 4.69) is 10.9 Å². The fourth-order valence-corrected chi connectivity index (χ4v) is 2.54. The molecule has 0 radical (unpaired) electrons. The van der Waals surface area contributed by atoms with E-state index in [0.29, 0.717) is 11.1 Å². The van der Waals surface area contributed by atoms with Crippen LogP contribution < -0.4 is 10.9 Å². The maximum Gasteiger partial charge on any atom is 0.305 e. The molecular weight excluding hydrogens is 320 g/mol. The van der Waals surface area contributed by atoms with E-state index < -0.39 is 17.4 Å². The normalized spacial score (nSPS) is 13.2. The molecule has 0 bridgehead atoms. The minimum Gasteiger partial charge on any atom is -0.451 e. The first-order valence-electron chi connectivity index (χ1n) is 7.81. The summed E-state index contributed by atoms with van der Waals surface area (Å²) in [6.07, 6.45) is -0.197. The molecular formula is C19H18N2O4. The Morgan fingerprint density at radius 2 is 1.72 bits per heavy atom. The number of aliphatic hydroxyl groups is 1. The predicted octanol–water partition coefficient (Wildman–Crippen LogP) is 2.49. The lowest BCUT2D eigenvalue weighted by molar-refractivity contribution is -0.126. The average Bonchev–Trinajstić information content (AvgIpc) is 3.04. The molecule has 25 heavy (non-hydrogen) atoms. The summed E-state index contributed by atoms with van der Waals surface area (Å²) >= 11 is 0. The Hall–Kier alpha value is -3.12. The van der Waals surface area contributed by atoms with Gasteiger partial charge in [-0.3, -0.25) is 20.4 Å². The topological polar surface area (TPSA) is 91.6 Å². The van der Waals surface area contributed by atoms with Crippen LogP contribution in [0.3, 0.4) is 0 Å². The Kier molecular flexibility index (Phi) is 4.54. The Bertz CT molecular complexity index is 867. The van der Waals surface area contributed by atoms with E-state index in [0.717, 1.165) is 5.39 Å². The molecule has 6 nitrogen and oxygen atoms in total. The van der Waals surface area contributed by atoms with E-state index in [1.54, 1.807) is 49.4 Å². The van der Waals surface area contributed by atoms with Crippen LogP contribution in [0.15, 0.2) is 65.1 Å². The zero-order chi connectivity index (χ0) is 17.9. The highest BCUT2D eigenvalue weighted by Crippen LogP contribution is 2.23. The molecule has 1 heterocycles. The second-order valence-electron chi connectivity index (χ2n) is 5.97. The summed E-state index contributed by atoms with van der Waals surface area (Å²) in [6, 6.07) is 17.7. The van der Waals surface area contributed by atoms with Gasteiger partial charge in [0.25, 0.3) is 0 Å². The summed E-state index contributed by atoms with van der Waals surface area (Å²) in [5.74, 6) is -0.987. The smallest absolute Gasteiger partial charge is 0.305 e. The Morgan fingerprint density at radius 3 is 2.44 bits per heavy atom. The molecule has 0 aliphatic heterocycles. The van der Waals surface area contributed by atoms with Crippen LogP contribution in [0.25, 0.3) is 11.0 Å². The molecule has 1 aromatic heterocycles. The first-order chi connectivity index (χ1) is 12.0. The summed E-state index contributed by atoms with van der Waals surface area (Å²) in [5, 5.41) is 11.2. The molecule has 0 saturated carbocycles. The second kappa shape index (κ2) is 6.78. The Morgan fingerprint density at radius 1 is 1.04 bits per heavy atom. The van der Waals surface area contributed by atoms with Crippen LogP contribution in [-0.2, 0) is 10.4 Å². The standard InChI is InChI=1S/C19H18N2O4/c1-19(24,14-8-3-2-4-9-14)12-17(22)20-21-18(23)16-11-13-7-5-6-10-15(13)25-16/h2-11,24H,12H2,1H3,(H,20,22)(H,21,23). The first-order valence-corrected chi connectivity index (χ1v) is 7.81. The number of rotatable bonds is 4. The number of amides is 2. The molecule has 0 aliphatic rings. The zero-order valence-electron chi connectivity index (χ0n) is 13.7. The number of benzene rings is 2. The van der Waals surface area contributed by atoms with Gasteiger partial charge in [-0.25, -0.2) is 0 Å². The largest absolute Gasteiger partial charge is 0.451 e. The third-order valence-corrected chi connectivity index (χ3v) is 3.87. The summed E-state index contributed by atoms with van der Waals surface area (Å²) in [5.41, 5.74) is 4.45. The molecule has 0 aliphatic carbocycles. The van der Waals surface area contributed by atoms with Crippen molar-refractivity contribution in [2.75, 3.05) is 0 Å². The van der Waals surface area contributed by atoms with Crippen LogP contribution >= 0.6 is 0 Å². The van der Waals surface area contributed by atoms with Gasteiger partial charge in [0.2, 0.25) is 5.91 Å². The van der Waals surface area contributed by atoms with Crippen LogP contribution in [-0.4, -0.2) is 16.9 Å². The maximum atomic E-state index is 12.1. The van der Waals surface area contributed by atoms with E-state index in [1.165, 1.54) is 0 Å². The Balaban J connectivity index is 1.59. The van der Waals surface area contributed by atoms with E-state index in [-0.39, 0.29) is 12.2 Å². The quantitative estimate of drug-likeness (QED) is 0.637. The van der Waals surface area contributed by atoms with Gasteiger partial charge in [0.1, 0.15) is 5.58 Å². The van der Waals surface area contributed by atoms with Crippen molar-refractivity contribution < 1.29 is 19.1 Å². The summed E-state index contributed by atoms with van der Waals surface area (Å²) in [7, 11) is 0. The minimum atomic E-state index is -1.34. The van der Waals surface area contributed by atoms with Crippen LogP contribution in [0.5, 0.6) is 0 Å². The molecule has 1 unspecified atom stereocenters. The van der Waals surface area contributed by atoms with Crippen molar-refractivity contribution in [3.8, 4) is 0 Å². The van der Waals surface area contributed by atoms with Gasteiger partial charge >= 0.3 is 5.91 Å². The van der Waals surface area contributed by atoms with Crippen molar-refractivity contribution in [3.05, 3.63) is 72.0 Å². The van der Waals surface area contributed by atoms with Gasteiger partial charge in [0.05, 0.1) is 12.0 Å². The van der Waals surface area contributed by atoms with Gasteiger partial charge in [0.15, 0.2) is 5.76 Å². The van der Waals surface area contributed by atoms with Gasteiger partial charge in [-0.2, -0.15) is 0 Å². The number of furan rings is 1. The highest BCUT2D eigenvalue weighted by molar-refractivity contribution is 5.96. The molecule has 0 saturated heterocycles. The third kappa shape index (κ3) is 3.87. The van der Waals surface area contributed by atoms with Crippen molar-refractivity contribution in [3.63, 3.8) is 0 Å². The number of carbonyl (C=O) groups excluding carboxylic acids is 2. The van der Waals surface area contributed by atoms with E-state index >= 15 is 0 Å². The average molecular weight is 338 g/mol. The van der Waals surface area contributed by atoms with Gasteiger partial charge < -0.3 is 9.52 Å². The zero-order valence-corrected chi connectivity index (χ0v) is 13.7. The minimum absolute atomic E-state index is 0.0938. The molecule has 0 fully saturated rings.